The monoisotopic (exact) mass is 283 g/mol. The van der Waals surface area contributed by atoms with Gasteiger partial charge in [0.15, 0.2) is 0 Å². The van der Waals surface area contributed by atoms with E-state index in [0.717, 1.165) is 31.2 Å². The summed E-state index contributed by atoms with van der Waals surface area (Å²) in [5, 5.41) is 0. The fraction of sp³-hybridized carbons (Fsp3) is 0.571. The summed E-state index contributed by atoms with van der Waals surface area (Å²) in [6.45, 7) is 4.15. The predicted octanol–water partition coefficient (Wildman–Crippen LogP) is 2.96. The molecule has 4 nitrogen and oxygen atoms in total. The Hall–Kier alpha value is -0.910. The SMILES string of the molecule is CC(C)c1ccc(S(=O)(=O)NOC2CCCC2)cc1. The van der Waals surface area contributed by atoms with Gasteiger partial charge >= 0.3 is 0 Å². The van der Waals surface area contributed by atoms with Crippen molar-refractivity contribution in [2.24, 2.45) is 0 Å². The minimum Gasteiger partial charge on any atom is -0.284 e. The molecule has 0 atom stereocenters. The van der Waals surface area contributed by atoms with Gasteiger partial charge in [0.2, 0.25) is 0 Å². The molecule has 0 bridgehead atoms. The van der Waals surface area contributed by atoms with Crippen molar-refractivity contribution in [3.05, 3.63) is 29.8 Å². The summed E-state index contributed by atoms with van der Waals surface area (Å²) in [5.74, 6) is 0.388. The lowest BCUT2D eigenvalue weighted by Gasteiger charge is -2.12. The highest BCUT2D eigenvalue weighted by Gasteiger charge is 2.20. The Morgan fingerprint density at radius 1 is 1.16 bits per heavy atom. The van der Waals surface area contributed by atoms with Crippen LogP contribution in [0.4, 0.5) is 0 Å². The third kappa shape index (κ3) is 3.78. The summed E-state index contributed by atoms with van der Waals surface area (Å²) in [6.07, 6.45) is 4.08. The second kappa shape index (κ2) is 6.03. The van der Waals surface area contributed by atoms with Crippen LogP contribution in [0.5, 0.6) is 0 Å². The van der Waals surface area contributed by atoms with E-state index >= 15 is 0 Å². The van der Waals surface area contributed by atoms with Crippen LogP contribution in [0.3, 0.4) is 0 Å². The summed E-state index contributed by atoms with van der Waals surface area (Å²) in [6, 6.07) is 6.93. The standard InChI is InChI=1S/C14H21NO3S/c1-11(2)12-7-9-14(10-8-12)19(16,17)15-18-13-5-3-4-6-13/h7-11,13,15H,3-6H2,1-2H3. The van der Waals surface area contributed by atoms with Crippen LogP contribution in [0, 0.1) is 0 Å². The molecule has 0 aromatic heterocycles. The smallest absolute Gasteiger partial charge is 0.262 e. The van der Waals surface area contributed by atoms with Crippen LogP contribution in [-0.2, 0) is 14.9 Å². The van der Waals surface area contributed by atoms with Gasteiger partial charge in [-0.25, -0.2) is 8.42 Å². The molecule has 1 saturated carbocycles. The van der Waals surface area contributed by atoms with Crippen molar-refractivity contribution in [3.63, 3.8) is 0 Å². The van der Waals surface area contributed by atoms with Crippen molar-refractivity contribution in [3.8, 4) is 0 Å². The summed E-state index contributed by atoms with van der Waals surface area (Å²) in [7, 11) is -3.56. The molecule has 0 saturated heterocycles. The first-order valence-corrected chi connectivity index (χ1v) is 8.25. The number of hydrogen-bond donors (Lipinski definition) is 1. The van der Waals surface area contributed by atoms with Gasteiger partial charge in [0.05, 0.1) is 11.0 Å². The summed E-state index contributed by atoms with van der Waals surface area (Å²) < 4.78 is 24.1. The molecule has 0 unspecified atom stereocenters. The fourth-order valence-electron chi connectivity index (χ4n) is 2.22. The molecule has 0 heterocycles. The molecule has 0 spiro atoms. The van der Waals surface area contributed by atoms with Crippen molar-refractivity contribution in [1.29, 1.82) is 0 Å². The highest BCUT2D eigenvalue weighted by atomic mass is 32.2. The van der Waals surface area contributed by atoms with E-state index in [1.165, 1.54) is 0 Å². The number of sulfonamides is 1. The molecule has 106 valence electrons. The molecule has 1 fully saturated rings. The first-order chi connectivity index (χ1) is 8.99. The second-order valence-corrected chi connectivity index (χ2v) is 6.98. The Bertz CT molecular complexity index is 502. The van der Waals surface area contributed by atoms with Crippen LogP contribution in [0.2, 0.25) is 0 Å². The van der Waals surface area contributed by atoms with Gasteiger partial charge in [0, 0.05) is 0 Å². The summed E-state index contributed by atoms with van der Waals surface area (Å²) in [4.78, 5) is 7.75. The van der Waals surface area contributed by atoms with E-state index < -0.39 is 10.0 Å². The molecule has 1 aliphatic rings. The largest absolute Gasteiger partial charge is 0.284 e. The molecule has 0 amide bonds. The number of rotatable bonds is 5. The Labute approximate surface area is 115 Å². The zero-order valence-corrected chi connectivity index (χ0v) is 12.2. The molecule has 1 N–H and O–H groups in total. The van der Waals surface area contributed by atoms with Gasteiger partial charge in [-0.2, -0.15) is 0 Å². The molecule has 19 heavy (non-hydrogen) atoms. The molecule has 1 aromatic carbocycles. The Morgan fingerprint density at radius 3 is 2.26 bits per heavy atom. The third-order valence-corrected chi connectivity index (χ3v) is 4.69. The van der Waals surface area contributed by atoms with Crippen LogP contribution in [0.15, 0.2) is 29.2 Å². The van der Waals surface area contributed by atoms with Crippen LogP contribution >= 0.6 is 0 Å². The lowest BCUT2D eigenvalue weighted by Crippen LogP contribution is -2.28. The maximum atomic E-state index is 12.0. The van der Waals surface area contributed by atoms with Crippen LogP contribution in [0.1, 0.15) is 51.0 Å². The molecule has 5 heteroatoms. The summed E-state index contributed by atoms with van der Waals surface area (Å²) in [5.41, 5.74) is 1.12. The van der Waals surface area contributed by atoms with Gasteiger partial charge in [-0.05, 0) is 36.5 Å². The lowest BCUT2D eigenvalue weighted by molar-refractivity contribution is 0.0223. The highest BCUT2D eigenvalue weighted by Crippen LogP contribution is 2.21. The van der Waals surface area contributed by atoms with E-state index in [1.807, 2.05) is 12.1 Å². The average Bonchev–Trinajstić information content (AvgIpc) is 2.90. The normalized spacial score (nSPS) is 17.2. The van der Waals surface area contributed by atoms with Gasteiger partial charge in [-0.15, -0.1) is 0 Å². The maximum absolute atomic E-state index is 12.0. The highest BCUT2D eigenvalue weighted by molar-refractivity contribution is 7.89. The number of benzene rings is 1. The van der Waals surface area contributed by atoms with E-state index in [4.69, 9.17) is 4.84 Å². The predicted molar refractivity (Wildman–Crippen MR) is 74.2 cm³/mol. The fourth-order valence-corrected chi connectivity index (χ4v) is 3.07. The Kier molecular flexibility index (Phi) is 4.60. The Morgan fingerprint density at radius 2 is 1.74 bits per heavy atom. The quantitative estimate of drug-likeness (QED) is 0.845. The maximum Gasteiger partial charge on any atom is 0.262 e. The molecular formula is C14H21NO3S. The van der Waals surface area contributed by atoms with Crippen LogP contribution < -0.4 is 4.89 Å². The van der Waals surface area contributed by atoms with Gasteiger partial charge in [0.1, 0.15) is 0 Å². The average molecular weight is 283 g/mol. The molecule has 1 aromatic rings. The molecule has 2 rings (SSSR count). The van der Waals surface area contributed by atoms with Gasteiger partial charge in [-0.3, -0.25) is 4.84 Å². The minimum absolute atomic E-state index is 0.0183. The topological polar surface area (TPSA) is 55.4 Å². The van der Waals surface area contributed by atoms with Crippen LogP contribution in [0.25, 0.3) is 0 Å². The zero-order valence-electron chi connectivity index (χ0n) is 11.4. The van der Waals surface area contributed by atoms with Gasteiger partial charge < -0.3 is 0 Å². The van der Waals surface area contributed by atoms with Gasteiger partial charge in [0.25, 0.3) is 10.0 Å². The van der Waals surface area contributed by atoms with Crippen molar-refractivity contribution in [1.82, 2.24) is 4.89 Å². The molecular weight excluding hydrogens is 262 g/mol. The van der Waals surface area contributed by atoms with Crippen LogP contribution in [-0.4, -0.2) is 14.5 Å². The summed E-state index contributed by atoms with van der Waals surface area (Å²) >= 11 is 0. The zero-order chi connectivity index (χ0) is 13.9. The number of hydrogen-bond acceptors (Lipinski definition) is 3. The number of nitrogens with one attached hydrogen (secondary N) is 1. The molecule has 0 aliphatic heterocycles. The first kappa shape index (κ1) is 14.5. The van der Waals surface area contributed by atoms with E-state index in [9.17, 15) is 8.42 Å². The third-order valence-electron chi connectivity index (χ3n) is 3.48. The van der Waals surface area contributed by atoms with Gasteiger partial charge in [-0.1, -0.05) is 43.7 Å². The molecule has 1 aliphatic carbocycles. The van der Waals surface area contributed by atoms with Crippen molar-refractivity contribution in [2.45, 2.75) is 56.4 Å². The molecule has 0 radical (unpaired) electrons. The van der Waals surface area contributed by atoms with E-state index in [0.29, 0.717) is 5.92 Å². The minimum atomic E-state index is -3.56. The lowest BCUT2D eigenvalue weighted by atomic mass is 10.0. The first-order valence-electron chi connectivity index (χ1n) is 6.76. The van der Waals surface area contributed by atoms with Crippen molar-refractivity contribution in [2.75, 3.05) is 0 Å². The van der Waals surface area contributed by atoms with Crippen molar-refractivity contribution >= 4 is 10.0 Å². The second-order valence-electron chi connectivity index (χ2n) is 5.33. The van der Waals surface area contributed by atoms with E-state index in [2.05, 4.69) is 18.7 Å². The van der Waals surface area contributed by atoms with Crippen molar-refractivity contribution < 1.29 is 13.3 Å². The van der Waals surface area contributed by atoms with E-state index in [1.54, 1.807) is 12.1 Å². The Balaban J connectivity index is 2.01. The van der Waals surface area contributed by atoms with E-state index in [-0.39, 0.29) is 11.0 Å².